The van der Waals surface area contributed by atoms with Crippen molar-refractivity contribution >= 4 is 34.1 Å². The molecule has 0 radical (unpaired) electrons. The van der Waals surface area contributed by atoms with Gasteiger partial charge in [-0.25, -0.2) is 4.99 Å². The summed E-state index contributed by atoms with van der Waals surface area (Å²) in [4.78, 5) is 52.8. The molecular formula is C46H60N4O11. The number of amides is 1. The first-order valence-corrected chi connectivity index (χ1v) is 20.9. The number of nitrogens with one attached hydrogen (secondary N) is 1. The Morgan fingerprint density at radius 3 is 2.33 bits per heavy atom. The topological polar surface area (TPSA) is 209 Å². The third-order valence-electron chi connectivity index (χ3n) is 12.6. The molecule has 0 aliphatic carbocycles. The summed E-state index contributed by atoms with van der Waals surface area (Å²) in [5, 5.41) is 50.3. The normalized spacial score (nSPS) is 31.5. The molecule has 1 fully saturated rings. The van der Waals surface area contributed by atoms with E-state index in [9.17, 15) is 34.8 Å². The molecule has 4 aliphatic rings. The van der Waals surface area contributed by atoms with Crippen molar-refractivity contribution < 1.29 is 53.8 Å². The number of phenolic OH excluding ortho intramolecular Hbond substituents is 2. The molecule has 1 saturated heterocycles. The number of aromatic hydroxyl groups is 2. The summed E-state index contributed by atoms with van der Waals surface area (Å²) >= 11 is 0. The fraction of sp³-hybridized carbons (Fsp3) is 0.543. The minimum absolute atomic E-state index is 0.0495. The van der Waals surface area contributed by atoms with Crippen LogP contribution in [0.1, 0.15) is 91.1 Å². The Hall–Kier alpha value is -5.25. The fourth-order valence-electron chi connectivity index (χ4n) is 8.99. The van der Waals surface area contributed by atoms with Gasteiger partial charge in [-0.3, -0.25) is 19.4 Å². The average Bonchev–Trinajstić information content (AvgIpc) is 3.71. The molecule has 0 aromatic heterocycles. The number of likely N-dealkylation sites (tertiary alicyclic amines) is 1. The Labute approximate surface area is 356 Å². The summed E-state index contributed by atoms with van der Waals surface area (Å²) in [7, 11) is 1.46. The highest BCUT2D eigenvalue weighted by molar-refractivity contribution is 6.21. The molecule has 1 spiro atoms. The van der Waals surface area contributed by atoms with Crippen LogP contribution in [0.15, 0.2) is 57.5 Å². The van der Waals surface area contributed by atoms with Crippen molar-refractivity contribution in [1.82, 2.24) is 4.90 Å². The number of benzene rings is 2. The molecule has 15 heteroatoms. The van der Waals surface area contributed by atoms with Crippen LogP contribution in [0.3, 0.4) is 0 Å². The molecule has 15 nitrogen and oxygen atoms in total. The van der Waals surface area contributed by atoms with Crippen LogP contribution in [0, 0.1) is 30.6 Å². The Bertz CT molecular complexity index is 2380. The van der Waals surface area contributed by atoms with Gasteiger partial charge >= 0.3 is 11.8 Å². The lowest BCUT2D eigenvalue weighted by Crippen LogP contribution is -2.47. The molecular weight excluding hydrogens is 785 g/mol. The van der Waals surface area contributed by atoms with Crippen LogP contribution in [0.2, 0.25) is 0 Å². The number of fused-ring (bicyclic) bond motifs is 1. The van der Waals surface area contributed by atoms with E-state index in [1.54, 1.807) is 59.8 Å². The predicted octanol–water partition coefficient (Wildman–Crippen LogP) is 5.58. The van der Waals surface area contributed by atoms with Crippen molar-refractivity contribution in [3.05, 3.63) is 69.3 Å². The zero-order valence-corrected chi connectivity index (χ0v) is 37.0. The number of methoxy groups -OCH3 is 1. The molecule has 4 heterocycles. The fourth-order valence-corrected chi connectivity index (χ4v) is 8.99. The lowest BCUT2D eigenvalue weighted by atomic mass is 9.81. The third-order valence-corrected chi connectivity index (χ3v) is 12.6. The van der Waals surface area contributed by atoms with E-state index in [-0.39, 0.29) is 55.4 Å². The average molecular weight is 845 g/mol. The summed E-state index contributed by atoms with van der Waals surface area (Å²) in [5.41, 5.74) is 0.263. The second-order valence-electron chi connectivity index (χ2n) is 17.6. The van der Waals surface area contributed by atoms with Crippen molar-refractivity contribution in [3.63, 3.8) is 0 Å². The van der Waals surface area contributed by atoms with E-state index in [0.29, 0.717) is 30.0 Å². The van der Waals surface area contributed by atoms with E-state index in [2.05, 4.69) is 29.1 Å². The van der Waals surface area contributed by atoms with Crippen molar-refractivity contribution in [3.8, 4) is 17.2 Å². The second-order valence-corrected chi connectivity index (χ2v) is 17.6. The van der Waals surface area contributed by atoms with Gasteiger partial charge < -0.3 is 49.6 Å². The quantitative estimate of drug-likeness (QED) is 0.188. The van der Waals surface area contributed by atoms with Gasteiger partial charge in [-0.05, 0) is 38.3 Å². The van der Waals surface area contributed by atoms with Crippen molar-refractivity contribution in [2.45, 2.75) is 112 Å². The van der Waals surface area contributed by atoms with E-state index in [1.165, 1.54) is 33.3 Å². The molecule has 2 aromatic carbocycles. The van der Waals surface area contributed by atoms with Gasteiger partial charge in [0, 0.05) is 87.7 Å². The number of ketones is 1. The number of nitrogens with zero attached hydrogens (tertiary/aromatic N) is 3. The minimum Gasteiger partial charge on any atom is -0.512 e. The Balaban J connectivity index is 1.57. The lowest BCUT2D eigenvalue weighted by molar-refractivity contribution is -0.159. The van der Waals surface area contributed by atoms with E-state index >= 15 is 0 Å². The number of allylic oxidation sites excluding steroid dienone is 4. The Kier molecular flexibility index (Phi) is 12.8. The first-order chi connectivity index (χ1) is 28.6. The molecule has 4 aliphatic heterocycles. The number of aliphatic hydroxyl groups excluding tert-OH is 2. The van der Waals surface area contributed by atoms with Crippen molar-refractivity contribution in [2.24, 2.45) is 33.7 Å². The summed E-state index contributed by atoms with van der Waals surface area (Å²) in [6.45, 7) is 19.3. The largest absolute Gasteiger partial charge is 0.512 e. The smallest absolute Gasteiger partial charge is 0.312 e. The number of Topliss-reactive ketones (excluding diaryl/α,β-unsaturated/α-hetero) is 1. The van der Waals surface area contributed by atoms with Crippen molar-refractivity contribution in [1.29, 1.82) is 0 Å². The monoisotopic (exact) mass is 844 g/mol. The van der Waals surface area contributed by atoms with Gasteiger partial charge in [-0.1, -0.05) is 52.8 Å². The Morgan fingerprint density at radius 2 is 1.70 bits per heavy atom. The van der Waals surface area contributed by atoms with Gasteiger partial charge in [0.25, 0.3) is 11.7 Å². The first-order valence-electron chi connectivity index (χ1n) is 20.9. The van der Waals surface area contributed by atoms with Gasteiger partial charge in [0.1, 0.15) is 39.7 Å². The molecule has 2 aromatic rings. The number of phenols is 2. The maximum Gasteiger partial charge on any atom is 0.312 e. The van der Waals surface area contributed by atoms with Crippen LogP contribution in [-0.4, -0.2) is 99.5 Å². The number of ether oxygens (including phenoxy) is 4. The number of rotatable bonds is 4. The number of piperidine rings is 1. The standard InChI is InChI=1S/C46H60N4O11/c1-22(2)21-50-18-16-46(17-19-50)48-34-31-32-39(54)28(8)42-33(31)43(56)45(10,61-42)59-20-15-30(58-11)25(5)41(60-29(9)51)27(7)38(53)26(6)37(52)23(3)13-12-14-24(4)44(57)47-36(40(32)55)35(34)49-46/h12-15,20,22,25-27,30,38,41,48,52-55H,16-19,21H2,1-11H3/b13-12-,20-15-,24-14-,37-23+,47-36?/t25-,26-,27-,30+,38-,41-,45+/m1/s1. The number of aliphatic hydroxyl groups is 2. The van der Waals surface area contributed by atoms with Crippen LogP contribution in [-0.2, 0) is 23.8 Å². The maximum atomic E-state index is 14.7. The highest BCUT2D eigenvalue weighted by Crippen LogP contribution is 2.51. The summed E-state index contributed by atoms with van der Waals surface area (Å²) in [6, 6.07) is 0. The van der Waals surface area contributed by atoms with Crippen LogP contribution >= 0.6 is 0 Å². The third kappa shape index (κ3) is 8.39. The molecule has 61 heavy (non-hydrogen) atoms. The molecule has 0 saturated carbocycles. The number of hydrogen-bond acceptors (Lipinski definition) is 14. The van der Waals surface area contributed by atoms with Crippen LogP contribution in [0.4, 0.5) is 5.69 Å². The van der Waals surface area contributed by atoms with E-state index in [1.807, 2.05) is 0 Å². The van der Waals surface area contributed by atoms with Crippen molar-refractivity contribution in [2.75, 3.05) is 32.1 Å². The van der Waals surface area contributed by atoms with E-state index < -0.39 is 70.9 Å². The predicted molar refractivity (Wildman–Crippen MR) is 228 cm³/mol. The van der Waals surface area contributed by atoms with E-state index in [0.717, 1.165) is 19.6 Å². The first kappa shape index (κ1) is 45.3. The minimum atomic E-state index is -1.96. The summed E-state index contributed by atoms with van der Waals surface area (Å²) < 4.78 is 24.0. The van der Waals surface area contributed by atoms with Gasteiger partial charge in [0.2, 0.25) is 0 Å². The molecule has 5 N–H and O–H groups in total. The molecule has 1 amide bonds. The highest BCUT2D eigenvalue weighted by atomic mass is 16.7. The van der Waals surface area contributed by atoms with Crippen LogP contribution in [0.5, 0.6) is 17.2 Å². The highest BCUT2D eigenvalue weighted by Gasteiger charge is 2.50. The zero-order valence-electron chi connectivity index (χ0n) is 37.0. The second kappa shape index (κ2) is 17.3. The molecule has 7 atom stereocenters. The molecule has 330 valence electrons. The zero-order chi connectivity index (χ0) is 44.9. The van der Waals surface area contributed by atoms with E-state index in [4.69, 9.17) is 23.9 Å². The van der Waals surface area contributed by atoms with Crippen LogP contribution < -0.4 is 20.8 Å². The number of carbonyl (C=O) groups excluding carboxylic acids is 3. The molecule has 6 rings (SSSR count). The number of esters is 1. The number of anilines is 1. The maximum absolute atomic E-state index is 14.7. The summed E-state index contributed by atoms with van der Waals surface area (Å²) in [5.74, 6) is -6.43. The molecule has 0 unspecified atom stereocenters. The molecule has 4 bridgehead atoms. The van der Waals surface area contributed by atoms with Gasteiger partial charge in [0.05, 0.1) is 35.1 Å². The van der Waals surface area contributed by atoms with Crippen LogP contribution in [0.25, 0.3) is 10.8 Å². The number of carbonyl (C=O) groups is 3. The van der Waals surface area contributed by atoms with Gasteiger partial charge in [-0.2, -0.15) is 0 Å². The number of hydrogen-bond donors (Lipinski definition) is 5. The SMILES string of the molecule is CO[C@H]1/C=C\O[C@@]2(C)Oc3c(C)c(O)c4c(O)c(c5c(c4c3C2=O)NC2(CCN(CC(C)C)CC2)N=5)=NC(=O)\C(C)=C/C=C\C(C)=C(\O)[C@@H](C)[C@@H](O)[C@@H](C)[C@H](OC(C)=O)[C@@H]1C. The Morgan fingerprint density at radius 1 is 1.03 bits per heavy atom. The van der Waals surface area contributed by atoms with Gasteiger partial charge in [0.15, 0.2) is 5.75 Å². The lowest BCUT2D eigenvalue weighted by Gasteiger charge is -2.38. The summed E-state index contributed by atoms with van der Waals surface area (Å²) in [6.07, 6.45) is 5.77. The van der Waals surface area contributed by atoms with Gasteiger partial charge in [-0.15, -0.1) is 0 Å².